The van der Waals surface area contributed by atoms with Gasteiger partial charge in [-0.3, -0.25) is 0 Å². The summed E-state index contributed by atoms with van der Waals surface area (Å²) in [6, 6.07) is 10.3. The Balaban J connectivity index is 2.13. The van der Waals surface area contributed by atoms with Gasteiger partial charge < -0.3 is 4.74 Å². The maximum absolute atomic E-state index is 5.78. The molecule has 1 aliphatic rings. The van der Waals surface area contributed by atoms with Crippen molar-refractivity contribution in [3.63, 3.8) is 0 Å². The van der Waals surface area contributed by atoms with Crippen LogP contribution in [0, 0.1) is 0 Å². The van der Waals surface area contributed by atoms with Gasteiger partial charge >= 0.3 is 0 Å². The summed E-state index contributed by atoms with van der Waals surface area (Å²) < 4.78 is 5.78. The Morgan fingerprint density at radius 1 is 1.31 bits per heavy atom. The summed E-state index contributed by atoms with van der Waals surface area (Å²) in [5.74, 6) is 0.870. The number of rotatable bonds is 2. The van der Waals surface area contributed by atoms with E-state index in [9.17, 15) is 0 Å². The van der Waals surface area contributed by atoms with Crippen LogP contribution in [0.4, 0.5) is 0 Å². The van der Waals surface area contributed by atoms with E-state index in [4.69, 9.17) is 4.74 Å². The number of benzene rings is 1. The van der Waals surface area contributed by atoms with E-state index in [2.05, 4.69) is 37.9 Å². The highest BCUT2D eigenvalue weighted by Gasteiger charge is 2.27. The number of aliphatic imine (C=N–C) groups is 1. The molecular weight excluding hydrogens is 198 g/mol. The molecule has 1 atom stereocenters. The third-order valence-electron chi connectivity index (χ3n) is 2.75. The fourth-order valence-corrected chi connectivity index (χ4v) is 2.24. The Hall–Kier alpha value is -1.31. The largest absolute Gasteiger partial charge is 0.478 e. The van der Waals surface area contributed by atoms with Crippen LogP contribution in [-0.4, -0.2) is 17.5 Å². The van der Waals surface area contributed by atoms with Crippen LogP contribution in [0.2, 0.25) is 0 Å². The van der Waals surface area contributed by atoms with Gasteiger partial charge in [-0.05, 0) is 26.3 Å². The molecule has 16 heavy (non-hydrogen) atoms. The van der Waals surface area contributed by atoms with E-state index in [1.165, 1.54) is 5.56 Å². The Bertz CT molecular complexity index is 381. The highest BCUT2D eigenvalue weighted by atomic mass is 16.5. The summed E-state index contributed by atoms with van der Waals surface area (Å²) in [7, 11) is 0. The zero-order valence-corrected chi connectivity index (χ0v) is 10.2. The molecule has 1 aromatic carbocycles. The van der Waals surface area contributed by atoms with Crippen molar-refractivity contribution in [1.29, 1.82) is 0 Å². The van der Waals surface area contributed by atoms with Crippen molar-refractivity contribution in [2.24, 2.45) is 4.99 Å². The van der Waals surface area contributed by atoms with Crippen LogP contribution in [0.15, 0.2) is 35.3 Å². The second kappa shape index (κ2) is 4.28. The van der Waals surface area contributed by atoms with Gasteiger partial charge in [-0.1, -0.05) is 30.3 Å². The third kappa shape index (κ3) is 2.84. The molecule has 2 rings (SSSR count). The lowest BCUT2D eigenvalue weighted by Crippen LogP contribution is -2.34. The van der Waals surface area contributed by atoms with Crippen molar-refractivity contribution in [3.05, 3.63) is 35.9 Å². The first-order chi connectivity index (χ1) is 7.55. The van der Waals surface area contributed by atoms with Gasteiger partial charge in [0.2, 0.25) is 0 Å². The molecule has 0 amide bonds. The molecule has 86 valence electrons. The van der Waals surface area contributed by atoms with Gasteiger partial charge in [0, 0.05) is 12.8 Å². The number of ether oxygens (including phenoxy) is 1. The molecule has 0 fully saturated rings. The first-order valence-electron chi connectivity index (χ1n) is 5.84. The second-order valence-electron chi connectivity index (χ2n) is 5.11. The molecule has 0 saturated carbocycles. The van der Waals surface area contributed by atoms with Crippen molar-refractivity contribution in [1.82, 2.24) is 0 Å². The van der Waals surface area contributed by atoms with E-state index >= 15 is 0 Å². The fourth-order valence-electron chi connectivity index (χ4n) is 2.24. The smallest absolute Gasteiger partial charge is 0.188 e. The molecule has 2 nitrogen and oxygen atoms in total. The van der Waals surface area contributed by atoms with E-state index in [0.717, 1.165) is 18.7 Å². The van der Waals surface area contributed by atoms with Gasteiger partial charge in [0.25, 0.3) is 0 Å². The van der Waals surface area contributed by atoms with Gasteiger partial charge in [-0.15, -0.1) is 0 Å². The standard InChI is InChI=1S/C14H19NO/c1-11-10-14(2,3)15-13(16-11)9-12-7-5-4-6-8-12/h4-8,11H,9-10H2,1-3H3/t11-/m1/s1. The summed E-state index contributed by atoms with van der Waals surface area (Å²) >= 11 is 0. The lowest BCUT2D eigenvalue weighted by Gasteiger charge is -2.31. The van der Waals surface area contributed by atoms with E-state index in [-0.39, 0.29) is 11.6 Å². The van der Waals surface area contributed by atoms with Crippen LogP contribution in [-0.2, 0) is 11.2 Å². The topological polar surface area (TPSA) is 21.6 Å². The highest BCUT2D eigenvalue weighted by Crippen LogP contribution is 2.24. The molecule has 0 bridgehead atoms. The molecule has 0 N–H and O–H groups in total. The number of nitrogens with zero attached hydrogens (tertiary/aromatic N) is 1. The summed E-state index contributed by atoms with van der Waals surface area (Å²) in [4.78, 5) is 4.65. The summed E-state index contributed by atoms with van der Waals surface area (Å²) in [5, 5.41) is 0. The minimum Gasteiger partial charge on any atom is -0.478 e. The highest BCUT2D eigenvalue weighted by molar-refractivity contribution is 5.79. The predicted octanol–water partition coefficient (Wildman–Crippen LogP) is 3.22. The average molecular weight is 217 g/mol. The summed E-state index contributed by atoms with van der Waals surface area (Å²) in [6.45, 7) is 6.44. The lowest BCUT2D eigenvalue weighted by molar-refractivity contribution is 0.141. The Kier molecular flexibility index (Phi) is 2.99. The van der Waals surface area contributed by atoms with Gasteiger partial charge in [-0.25, -0.2) is 4.99 Å². The van der Waals surface area contributed by atoms with Crippen molar-refractivity contribution < 1.29 is 4.74 Å². The van der Waals surface area contributed by atoms with Crippen LogP contribution in [0.5, 0.6) is 0 Å². The van der Waals surface area contributed by atoms with Crippen LogP contribution in [0.1, 0.15) is 32.8 Å². The van der Waals surface area contributed by atoms with Crippen LogP contribution >= 0.6 is 0 Å². The molecule has 1 heterocycles. The third-order valence-corrected chi connectivity index (χ3v) is 2.75. The minimum absolute atomic E-state index is 0.0157. The van der Waals surface area contributed by atoms with Gasteiger partial charge in [0.1, 0.15) is 0 Å². The van der Waals surface area contributed by atoms with E-state index in [1.54, 1.807) is 0 Å². The van der Waals surface area contributed by atoms with Crippen molar-refractivity contribution in [2.75, 3.05) is 0 Å². The van der Waals surface area contributed by atoms with Crippen molar-refractivity contribution in [2.45, 2.75) is 45.3 Å². The molecule has 0 spiro atoms. The second-order valence-corrected chi connectivity index (χ2v) is 5.11. The zero-order chi connectivity index (χ0) is 11.6. The van der Waals surface area contributed by atoms with E-state index < -0.39 is 0 Å². The fraction of sp³-hybridized carbons (Fsp3) is 0.500. The number of hydrogen-bond donors (Lipinski definition) is 0. The van der Waals surface area contributed by atoms with E-state index in [1.807, 2.05) is 18.2 Å². The molecule has 1 aliphatic heterocycles. The van der Waals surface area contributed by atoms with Crippen molar-refractivity contribution in [3.8, 4) is 0 Å². The summed E-state index contributed by atoms with van der Waals surface area (Å²) in [6.07, 6.45) is 2.06. The average Bonchev–Trinajstić information content (AvgIpc) is 2.15. The summed E-state index contributed by atoms with van der Waals surface area (Å²) in [5.41, 5.74) is 1.27. The maximum Gasteiger partial charge on any atom is 0.188 e. The first kappa shape index (κ1) is 11.2. The molecule has 0 saturated heterocycles. The molecule has 0 radical (unpaired) electrons. The lowest BCUT2D eigenvalue weighted by atomic mass is 9.96. The monoisotopic (exact) mass is 217 g/mol. The Labute approximate surface area is 97.4 Å². The maximum atomic E-state index is 5.78. The zero-order valence-electron chi connectivity index (χ0n) is 10.2. The molecule has 0 unspecified atom stereocenters. The quantitative estimate of drug-likeness (QED) is 0.745. The predicted molar refractivity (Wildman–Crippen MR) is 66.8 cm³/mol. The first-order valence-corrected chi connectivity index (χ1v) is 5.84. The molecule has 2 heteroatoms. The molecule has 0 aliphatic carbocycles. The van der Waals surface area contributed by atoms with Crippen LogP contribution in [0.25, 0.3) is 0 Å². The Morgan fingerprint density at radius 3 is 2.62 bits per heavy atom. The van der Waals surface area contributed by atoms with Gasteiger partial charge in [0.05, 0.1) is 11.6 Å². The SMILES string of the molecule is C[C@@H]1CC(C)(C)N=C(Cc2ccccc2)O1. The number of hydrogen-bond acceptors (Lipinski definition) is 2. The normalized spacial score (nSPS) is 23.4. The molecule has 0 aromatic heterocycles. The van der Waals surface area contributed by atoms with Gasteiger partial charge in [-0.2, -0.15) is 0 Å². The molecule has 1 aromatic rings. The van der Waals surface area contributed by atoms with Gasteiger partial charge in [0.15, 0.2) is 5.90 Å². The van der Waals surface area contributed by atoms with Crippen LogP contribution in [0.3, 0.4) is 0 Å². The minimum atomic E-state index is 0.0157. The molecular formula is C14H19NO. The Morgan fingerprint density at radius 2 is 2.00 bits per heavy atom. The van der Waals surface area contributed by atoms with Crippen molar-refractivity contribution >= 4 is 5.90 Å². The van der Waals surface area contributed by atoms with E-state index in [0.29, 0.717) is 0 Å². The van der Waals surface area contributed by atoms with Crippen LogP contribution < -0.4 is 0 Å².